The Morgan fingerprint density at radius 2 is 1.45 bits per heavy atom. The molecule has 0 bridgehead atoms. The Morgan fingerprint density at radius 1 is 0.818 bits per heavy atom. The largest absolute Gasteiger partial charge is 0.504 e. The first-order valence-electron chi connectivity index (χ1n) is 6.43. The third-order valence-corrected chi connectivity index (χ3v) is 3.07. The van der Waals surface area contributed by atoms with Crippen LogP contribution in [0.1, 0.15) is 27.6 Å². The molecule has 0 unspecified atom stereocenters. The maximum absolute atomic E-state index is 11.5. The van der Waals surface area contributed by atoms with E-state index in [9.17, 15) is 19.2 Å². The molecule has 2 aliphatic rings. The van der Waals surface area contributed by atoms with E-state index < -0.39 is 11.5 Å². The predicted molar refractivity (Wildman–Crippen MR) is 78.7 cm³/mol. The van der Waals surface area contributed by atoms with Gasteiger partial charge in [-0.3, -0.25) is 19.2 Å². The van der Waals surface area contributed by atoms with E-state index in [0.717, 1.165) is 18.2 Å². The maximum atomic E-state index is 11.5. The Bertz CT molecular complexity index is 778. The molecule has 1 aromatic carbocycles. The number of fused-ring (bicyclic) bond motifs is 1. The number of ketones is 4. The van der Waals surface area contributed by atoms with Crippen LogP contribution in [0.4, 0.5) is 0 Å². The summed E-state index contributed by atoms with van der Waals surface area (Å²) in [4.78, 5) is 43.7. The second-order valence-corrected chi connectivity index (χ2v) is 4.70. The van der Waals surface area contributed by atoms with Gasteiger partial charge in [0.2, 0.25) is 5.78 Å². The number of allylic oxidation sites excluding steroid dienone is 5. The Hall–Kier alpha value is -3.08. The molecule has 0 saturated carbocycles. The first kappa shape index (κ1) is 15.3. The van der Waals surface area contributed by atoms with Gasteiger partial charge in [0.25, 0.3) is 0 Å². The van der Waals surface area contributed by atoms with Crippen molar-refractivity contribution in [3.8, 4) is 0 Å². The van der Waals surface area contributed by atoms with Crippen molar-refractivity contribution in [1.82, 2.24) is 0 Å². The Balaban J connectivity index is 0.000000172. The van der Waals surface area contributed by atoms with Crippen LogP contribution in [0.5, 0.6) is 0 Å². The number of aliphatic hydroxyl groups is 1. The summed E-state index contributed by atoms with van der Waals surface area (Å²) in [7, 11) is 0. The number of carbonyl (C=O) groups is 4. The summed E-state index contributed by atoms with van der Waals surface area (Å²) in [5, 5.41) is 8.59. The molecule has 0 heterocycles. The molecule has 1 aromatic rings. The summed E-state index contributed by atoms with van der Waals surface area (Å²) in [6.45, 7) is 1.66. The molecule has 0 aromatic heterocycles. The minimum Gasteiger partial charge on any atom is -0.504 e. The molecule has 1 N–H and O–H groups in total. The average Bonchev–Trinajstić information content (AvgIpc) is 2.50. The van der Waals surface area contributed by atoms with Crippen LogP contribution < -0.4 is 0 Å². The van der Waals surface area contributed by atoms with Gasteiger partial charge in [-0.1, -0.05) is 24.3 Å². The van der Waals surface area contributed by atoms with Crippen LogP contribution in [-0.4, -0.2) is 28.2 Å². The van der Waals surface area contributed by atoms with Crippen molar-refractivity contribution < 1.29 is 24.3 Å². The van der Waals surface area contributed by atoms with Gasteiger partial charge in [-0.15, -0.1) is 0 Å². The van der Waals surface area contributed by atoms with Crippen molar-refractivity contribution in [1.29, 1.82) is 0 Å². The number of benzene rings is 1. The van der Waals surface area contributed by atoms with Crippen molar-refractivity contribution in [2.75, 3.05) is 0 Å². The lowest BCUT2D eigenvalue weighted by Crippen LogP contribution is -2.14. The van der Waals surface area contributed by atoms with E-state index in [4.69, 9.17) is 5.11 Å². The van der Waals surface area contributed by atoms with Crippen LogP contribution in [0, 0.1) is 0 Å². The van der Waals surface area contributed by atoms with Gasteiger partial charge in [-0.2, -0.15) is 0 Å². The Labute approximate surface area is 126 Å². The monoisotopic (exact) mass is 296 g/mol. The number of rotatable bonds is 0. The van der Waals surface area contributed by atoms with Crippen molar-refractivity contribution in [3.63, 3.8) is 0 Å². The van der Waals surface area contributed by atoms with E-state index in [-0.39, 0.29) is 17.3 Å². The van der Waals surface area contributed by atoms with Gasteiger partial charge in [-0.05, 0) is 25.2 Å². The minimum absolute atomic E-state index is 0.0461. The molecule has 2 aliphatic carbocycles. The molecule has 5 heteroatoms. The number of hydrogen-bond donors (Lipinski definition) is 1. The Morgan fingerprint density at radius 3 is 2.05 bits per heavy atom. The van der Waals surface area contributed by atoms with Crippen LogP contribution >= 0.6 is 0 Å². The van der Waals surface area contributed by atoms with E-state index in [2.05, 4.69) is 0 Å². The lowest BCUT2D eigenvalue weighted by Gasteiger charge is -2.11. The van der Waals surface area contributed by atoms with Gasteiger partial charge in [0.15, 0.2) is 23.1 Å². The average molecular weight is 296 g/mol. The van der Waals surface area contributed by atoms with E-state index >= 15 is 0 Å². The van der Waals surface area contributed by atoms with Crippen molar-refractivity contribution in [2.24, 2.45) is 0 Å². The molecule has 3 rings (SSSR count). The van der Waals surface area contributed by atoms with Gasteiger partial charge >= 0.3 is 0 Å². The third-order valence-electron chi connectivity index (χ3n) is 3.07. The van der Waals surface area contributed by atoms with E-state index in [1.165, 1.54) is 6.08 Å². The van der Waals surface area contributed by atoms with Crippen molar-refractivity contribution in [2.45, 2.75) is 6.92 Å². The fraction of sp³-hybridized carbons (Fsp3) is 0.0588. The quantitative estimate of drug-likeness (QED) is 0.741. The summed E-state index contributed by atoms with van der Waals surface area (Å²) >= 11 is 0. The molecular formula is C17H12O5. The van der Waals surface area contributed by atoms with Crippen LogP contribution in [-0.2, 0) is 9.59 Å². The highest BCUT2D eigenvalue weighted by atomic mass is 16.3. The van der Waals surface area contributed by atoms with Crippen LogP contribution in [0.2, 0.25) is 0 Å². The molecule has 22 heavy (non-hydrogen) atoms. The smallest absolute Gasteiger partial charge is 0.220 e. The molecule has 0 radical (unpaired) electrons. The number of aliphatic hydroxyl groups excluding tert-OH is 1. The highest BCUT2D eigenvalue weighted by Gasteiger charge is 2.21. The van der Waals surface area contributed by atoms with Crippen LogP contribution in [0.15, 0.2) is 59.9 Å². The van der Waals surface area contributed by atoms with Crippen molar-refractivity contribution in [3.05, 3.63) is 71.0 Å². The number of carbonyl (C=O) groups excluding carboxylic acids is 4. The summed E-state index contributed by atoms with van der Waals surface area (Å²) in [5.41, 5.74) is 1.55. The summed E-state index contributed by atoms with van der Waals surface area (Å²) < 4.78 is 0. The van der Waals surface area contributed by atoms with Crippen molar-refractivity contribution >= 4 is 23.1 Å². The highest BCUT2D eigenvalue weighted by molar-refractivity contribution is 6.24. The van der Waals surface area contributed by atoms with E-state index in [1.807, 2.05) is 0 Å². The fourth-order valence-electron chi connectivity index (χ4n) is 1.95. The zero-order chi connectivity index (χ0) is 16.3. The van der Waals surface area contributed by atoms with E-state index in [0.29, 0.717) is 16.7 Å². The van der Waals surface area contributed by atoms with Gasteiger partial charge in [0, 0.05) is 22.8 Å². The van der Waals surface area contributed by atoms with Crippen LogP contribution in [0.25, 0.3) is 0 Å². The zero-order valence-electron chi connectivity index (χ0n) is 11.7. The van der Waals surface area contributed by atoms with Crippen LogP contribution in [0.3, 0.4) is 0 Å². The molecular weight excluding hydrogens is 284 g/mol. The molecule has 0 saturated heterocycles. The number of hydrogen-bond acceptors (Lipinski definition) is 5. The summed E-state index contributed by atoms with van der Waals surface area (Å²) in [5.74, 6) is -1.48. The standard InChI is InChI=1S/C11H8O2.C6H4O3/c1-7-6-10(12)8-4-2-3-5-9(8)11(7)13;7-4-1-2-5(8)6(9)3-4/h2-6H,1H3;1-3,9H. The molecule has 110 valence electrons. The van der Waals surface area contributed by atoms with Gasteiger partial charge in [0.1, 0.15) is 0 Å². The third kappa shape index (κ3) is 3.15. The second kappa shape index (κ2) is 6.13. The first-order chi connectivity index (χ1) is 10.4. The van der Waals surface area contributed by atoms with Gasteiger partial charge in [0.05, 0.1) is 0 Å². The predicted octanol–water partition coefficient (Wildman–Crippen LogP) is 2.15. The zero-order valence-corrected chi connectivity index (χ0v) is 11.7. The molecule has 0 fully saturated rings. The van der Waals surface area contributed by atoms with Gasteiger partial charge < -0.3 is 5.11 Å². The molecule has 5 nitrogen and oxygen atoms in total. The first-order valence-corrected chi connectivity index (χ1v) is 6.43. The SMILES string of the molecule is CC1=CC(=O)c2ccccc2C1=O.O=C1C=CC(=O)C(O)=C1. The topological polar surface area (TPSA) is 88.5 Å². The summed E-state index contributed by atoms with van der Waals surface area (Å²) in [6.07, 6.45) is 4.44. The fourth-order valence-corrected chi connectivity index (χ4v) is 1.95. The molecule has 0 aliphatic heterocycles. The lowest BCUT2D eigenvalue weighted by molar-refractivity contribution is -0.116. The lowest BCUT2D eigenvalue weighted by atomic mass is 9.90. The summed E-state index contributed by atoms with van der Waals surface area (Å²) in [6, 6.07) is 6.89. The minimum atomic E-state index is -0.519. The number of Topliss-reactive ketones (excluding diaryl/α,β-unsaturated/α-hetero) is 1. The maximum Gasteiger partial charge on any atom is 0.220 e. The Kier molecular flexibility index (Phi) is 4.27. The molecule has 0 atom stereocenters. The molecule has 0 amide bonds. The van der Waals surface area contributed by atoms with Gasteiger partial charge in [-0.25, -0.2) is 0 Å². The highest BCUT2D eigenvalue weighted by Crippen LogP contribution is 2.20. The molecule has 0 spiro atoms. The van der Waals surface area contributed by atoms with E-state index in [1.54, 1.807) is 31.2 Å². The second-order valence-electron chi connectivity index (χ2n) is 4.70. The normalized spacial score (nSPS) is 16.4.